The van der Waals surface area contributed by atoms with Gasteiger partial charge in [-0.15, -0.1) is 0 Å². The Balaban J connectivity index is 1.67. The van der Waals surface area contributed by atoms with E-state index < -0.39 is 5.97 Å². The van der Waals surface area contributed by atoms with Crippen molar-refractivity contribution in [1.82, 2.24) is 15.1 Å². The second-order valence-electron chi connectivity index (χ2n) is 6.63. The number of ether oxygens (including phenoxy) is 2. The van der Waals surface area contributed by atoms with Gasteiger partial charge in [-0.25, -0.2) is 9.48 Å². The third-order valence-electron chi connectivity index (χ3n) is 4.70. The van der Waals surface area contributed by atoms with Crippen molar-refractivity contribution in [3.05, 3.63) is 77.1 Å². The van der Waals surface area contributed by atoms with E-state index in [4.69, 9.17) is 9.47 Å². The molecule has 31 heavy (non-hydrogen) atoms. The lowest BCUT2D eigenvalue weighted by atomic mass is 10.1. The average Bonchev–Trinajstić information content (AvgIpc) is 3.18. The zero-order valence-corrected chi connectivity index (χ0v) is 17.5. The first-order chi connectivity index (χ1) is 15.0. The Hall–Kier alpha value is -3.94. The van der Waals surface area contributed by atoms with Gasteiger partial charge in [0.15, 0.2) is 5.78 Å². The molecule has 1 heterocycles. The Kier molecular flexibility index (Phi) is 6.81. The summed E-state index contributed by atoms with van der Waals surface area (Å²) in [5.41, 5.74) is 2.52. The molecule has 0 atom stereocenters. The highest BCUT2D eigenvalue weighted by Crippen LogP contribution is 2.18. The molecule has 1 N–H and O–H groups in total. The standard InChI is InChI=1S/C23H23N3O5/c1-4-31-23(29)19-13-25-26(15(19)2)17-11-9-16(10-12-17)22(28)24-14-20(27)18-7-5-6-8-21(18)30-3/h5-13H,4,14H2,1-3H3,(H,24,28). The number of aromatic nitrogens is 2. The van der Waals surface area contributed by atoms with Crippen LogP contribution in [0.1, 0.15) is 43.7 Å². The van der Waals surface area contributed by atoms with Gasteiger partial charge in [0, 0.05) is 5.56 Å². The molecule has 0 fully saturated rings. The summed E-state index contributed by atoms with van der Waals surface area (Å²) in [6, 6.07) is 13.5. The van der Waals surface area contributed by atoms with Crippen LogP contribution in [0.5, 0.6) is 5.75 Å². The van der Waals surface area contributed by atoms with Crippen LogP contribution in [0, 0.1) is 6.92 Å². The number of rotatable bonds is 8. The molecule has 3 rings (SSSR count). The van der Waals surface area contributed by atoms with Crippen LogP contribution in [0.3, 0.4) is 0 Å². The van der Waals surface area contributed by atoms with Crippen molar-refractivity contribution in [2.75, 3.05) is 20.3 Å². The minimum Gasteiger partial charge on any atom is -0.496 e. The average molecular weight is 421 g/mol. The summed E-state index contributed by atoms with van der Waals surface area (Å²) in [7, 11) is 1.49. The molecule has 0 aliphatic carbocycles. The molecule has 8 heteroatoms. The maximum atomic E-state index is 12.4. The number of amides is 1. The molecular weight excluding hydrogens is 398 g/mol. The van der Waals surface area contributed by atoms with Crippen LogP contribution in [-0.4, -0.2) is 47.7 Å². The predicted molar refractivity (Wildman–Crippen MR) is 114 cm³/mol. The molecule has 0 radical (unpaired) electrons. The SMILES string of the molecule is CCOC(=O)c1cnn(-c2ccc(C(=O)NCC(=O)c3ccccc3OC)cc2)c1C. The first-order valence-electron chi connectivity index (χ1n) is 9.72. The van der Waals surface area contributed by atoms with Gasteiger partial charge in [0.25, 0.3) is 5.91 Å². The Morgan fingerprint density at radius 1 is 1.03 bits per heavy atom. The molecule has 0 spiro atoms. The van der Waals surface area contributed by atoms with Gasteiger partial charge in [0.1, 0.15) is 11.3 Å². The Labute approximate surface area is 179 Å². The molecule has 0 unspecified atom stereocenters. The van der Waals surface area contributed by atoms with Crippen LogP contribution in [0.2, 0.25) is 0 Å². The van der Waals surface area contributed by atoms with Crippen LogP contribution in [0.4, 0.5) is 0 Å². The minimum atomic E-state index is -0.429. The largest absolute Gasteiger partial charge is 0.496 e. The Bertz CT molecular complexity index is 1100. The van der Waals surface area contributed by atoms with Crippen molar-refractivity contribution < 1.29 is 23.9 Å². The van der Waals surface area contributed by atoms with E-state index in [1.165, 1.54) is 13.3 Å². The molecule has 8 nitrogen and oxygen atoms in total. The fourth-order valence-corrected chi connectivity index (χ4v) is 3.07. The van der Waals surface area contributed by atoms with Gasteiger partial charge in [0.2, 0.25) is 0 Å². The quantitative estimate of drug-likeness (QED) is 0.443. The van der Waals surface area contributed by atoms with Crippen molar-refractivity contribution in [2.45, 2.75) is 13.8 Å². The summed E-state index contributed by atoms with van der Waals surface area (Å²) < 4.78 is 11.8. The number of nitrogens with one attached hydrogen (secondary N) is 1. The van der Waals surface area contributed by atoms with Crippen molar-refractivity contribution in [3.63, 3.8) is 0 Å². The maximum Gasteiger partial charge on any atom is 0.341 e. The lowest BCUT2D eigenvalue weighted by Gasteiger charge is -2.09. The second kappa shape index (κ2) is 9.71. The van der Waals surface area contributed by atoms with Gasteiger partial charge in [-0.2, -0.15) is 5.10 Å². The molecule has 1 aromatic heterocycles. The van der Waals surface area contributed by atoms with Gasteiger partial charge in [-0.1, -0.05) is 12.1 Å². The smallest absolute Gasteiger partial charge is 0.341 e. The van der Waals surface area contributed by atoms with Gasteiger partial charge in [-0.05, 0) is 50.2 Å². The fraction of sp³-hybridized carbons (Fsp3) is 0.217. The van der Waals surface area contributed by atoms with Crippen LogP contribution in [0.15, 0.2) is 54.7 Å². The molecule has 0 saturated carbocycles. The van der Waals surface area contributed by atoms with E-state index in [2.05, 4.69) is 10.4 Å². The number of carbonyl (C=O) groups is 3. The third-order valence-corrected chi connectivity index (χ3v) is 4.70. The molecular formula is C23H23N3O5. The number of hydrogen-bond donors (Lipinski definition) is 1. The van der Waals surface area contributed by atoms with Crippen LogP contribution in [-0.2, 0) is 4.74 Å². The molecule has 0 bridgehead atoms. The van der Waals surface area contributed by atoms with E-state index in [0.717, 1.165) is 0 Å². The summed E-state index contributed by atoms with van der Waals surface area (Å²) in [6.45, 7) is 3.64. The van der Waals surface area contributed by atoms with Gasteiger partial charge < -0.3 is 14.8 Å². The number of esters is 1. The van der Waals surface area contributed by atoms with Crippen LogP contribution in [0.25, 0.3) is 5.69 Å². The molecule has 2 aromatic carbocycles. The molecule has 0 aliphatic heterocycles. The highest BCUT2D eigenvalue weighted by Gasteiger charge is 2.17. The van der Waals surface area contributed by atoms with Crippen molar-refractivity contribution >= 4 is 17.7 Å². The van der Waals surface area contributed by atoms with Gasteiger partial charge in [-0.3, -0.25) is 9.59 Å². The second-order valence-corrected chi connectivity index (χ2v) is 6.63. The highest BCUT2D eigenvalue weighted by atomic mass is 16.5. The number of ketones is 1. The van der Waals surface area contributed by atoms with Crippen molar-refractivity contribution in [1.29, 1.82) is 0 Å². The van der Waals surface area contributed by atoms with Crippen molar-refractivity contribution in [3.8, 4) is 11.4 Å². The Morgan fingerprint density at radius 2 is 1.74 bits per heavy atom. The monoisotopic (exact) mass is 421 g/mol. The normalized spacial score (nSPS) is 10.4. The molecule has 0 saturated heterocycles. The third kappa shape index (κ3) is 4.80. The fourth-order valence-electron chi connectivity index (χ4n) is 3.07. The molecule has 0 aliphatic rings. The summed E-state index contributed by atoms with van der Waals surface area (Å²) in [6.07, 6.45) is 1.46. The lowest BCUT2D eigenvalue weighted by molar-refractivity contribution is 0.0525. The molecule has 1 amide bonds. The van der Waals surface area contributed by atoms with E-state index in [1.807, 2.05) is 0 Å². The maximum absolute atomic E-state index is 12.4. The minimum absolute atomic E-state index is 0.151. The summed E-state index contributed by atoms with van der Waals surface area (Å²) >= 11 is 0. The summed E-state index contributed by atoms with van der Waals surface area (Å²) in [4.78, 5) is 36.8. The number of nitrogens with zero attached hydrogens (tertiary/aromatic N) is 2. The Morgan fingerprint density at radius 3 is 2.42 bits per heavy atom. The van der Waals surface area contributed by atoms with Crippen LogP contribution < -0.4 is 10.1 Å². The summed E-state index contributed by atoms with van der Waals surface area (Å²) in [5.74, 6) is -0.592. The van der Waals surface area contributed by atoms with Crippen molar-refractivity contribution in [2.24, 2.45) is 0 Å². The zero-order valence-electron chi connectivity index (χ0n) is 17.5. The first kappa shape index (κ1) is 21.8. The highest BCUT2D eigenvalue weighted by molar-refractivity contribution is 6.03. The van der Waals surface area contributed by atoms with Gasteiger partial charge in [0.05, 0.1) is 43.4 Å². The topological polar surface area (TPSA) is 99.5 Å². The lowest BCUT2D eigenvalue weighted by Crippen LogP contribution is -2.29. The summed E-state index contributed by atoms with van der Waals surface area (Å²) in [5, 5.41) is 6.86. The van der Waals surface area contributed by atoms with E-state index >= 15 is 0 Å². The number of methoxy groups -OCH3 is 1. The predicted octanol–water partition coefficient (Wildman–Crippen LogP) is 2.98. The number of benzene rings is 2. The van der Waals surface area contributed by atoms with Gasteiger partial charge >= 0.3 is 5.97 Å². The van der Waals surface area contributed by atoms with E-state index in [9.17, 15) is 14.4 Å². The zero-order chi connectivity index (χ0) is 22.4. The van der Waals surface area contributed by atoms with E-state index in [-0.39, 0.29) is 24.8 Å². The van der Waals surface area contributed by atoms with E-state index in [1.54, 1.807) is 67.1 Å². The molecule has 160 valence electrons. The number of para-hydroxylation sites is 1. The van der Waals surface area contributed by atoms with Crippen LogP contribution >= 0.6 is 0 Å². The number of carbonyl (C=O) groups excluding carboxylic acids is 3. The first-order valence-corrected chi connectivity index (χ1v) is 9.72. The van der Waals surface area contributed by atoms with E-state index in [0.29, 0.717) is 33.8 Å². The number of Topliss-reactive ketones (excluding diaryl/α,β-unsaturated/α-hetero) is 1. The number of hydrogen-bond acceptors (Lipinski definition) is 6. The molecule has 3 aromatic rings.